The molecule has 0 fully saturated rings. The average molecular weight is 492 g/mol. The van der Waals surface area contributed by atoms with E-state index in [1.807, 2.05) is 31.2 Å². The van der Waals surface area contributed by atoms with E-state index in [0.29, 0.717) is 22.4 Å². The van der Waals surface area contributed by atoms with E-state index in [1.165, 1.54) is 7.11 Å². The lowest BCUT2D eigenvalue weighted by Crippen LogP contribution is -2.09. The third-order valence-electron chi connectivity index (χ3n) is 4.69. The molecule has 0 N–H and O–H groups in total. The average Bonchev–Trinajstić information content (AvgIpc) is 3.15. The molecule has 160 valence electrons. The summed E-state index contributed by atoms with van der Waals surface area (Å²) in [5.41, 5.74) is 2.99. The molecule has 3 aromatic rings. The highest BCUT2D eigenvalue weighted by Gasteiger charge is 2.24. The summed E-state index contributed by atoms with van der Waals surface area (Å²) < 4.78 is 17.1. The smallest absolute Gasteiger partial charge is 0.363 e. The zero-order valence-electron chi connectivity index (χ0n) is 17.3. The molecule has 0 unspecified atom stereocenters. The van der Waals surface area contributed by atoms with Crippen molar-refractivity contribution in [2.24, 2.45) is 4.99 Å². The van der Waals surface area contributed by atoms with Crippen LogP contribution < -0.4 is 9.47 Å². The van der Waals surface area contributed by atoms with Gasteiger partial charge in [-0.3, -0.25) is 0 Å². The van der Waals surface area contributed by atoms with E-state index >= 15 is 0 Å². The van der Waals surface area contributed by atoms with Crippen LogP contribution in [-0.4, -0.2) is 24.9 Å². The number of cyclic esters (lactones) is 1. The van der Waals surface area contributed by atoms with Crippen molar-refractivity contribution in [2.45, 2.75) is 6.92 Å². The van der Waals surface area contributed by atoms with Gasteiger partial charge in [-0.15, -0.1) is 0 Å². The van der Waals surface area contributed by atoms with Crippen molar-refractivity contribution >= 4 is 39.8 Å². The van der Waals surface area contributed by atoms with Gasteiger partial charge in [0.05, 0.1) is 12.7 Å². The molecule has 1 aliphatic rings. The Kier molecular flexibility index (Phi) is 6.18. The third-order valence-corrected chi connectivity index (χ3v) is 5.22. The third kappa shape index (κ3) is 4.78. The van der Waals surface area contributed by atoms with E-state index in [9.17, 15) is 9.59 Å². The van der Waals surface area contributed by atoms with E-state index in [-0.39, 0.29) is 17.3 Å². The van der Waals surface area contributed by atoms with Gasteiger partial charge in [-0.2, -0.15) is 0 Å². The highest BCUT2D eigenvalue weighted by molar-refractivity contribution is 9.10. The molecule has 0 atom stereocenters. The second-order valence-electron chi connectivity index (χ2n) is 7.01. The van der Waals surface area contributed by atoms with E-state index in [2.05, 4.69) is 20.9 Å². The summed E-state index contributed by atoms with van der Waals surface area (Å²) in [5, 5.41) is 0. The summed E-state index contributed by atoms with van der Waals surface area (Å²) in [6, 6.07) is 19.4. The number of carbonyl (C=O) groups is 2. The first-order valence-corrected chi connectivity index (χ1v) is 10.5. The highest BCUT2D eigenvalue weighted by Crippen LogP contribution is 2.30. The molecule has 32 heavy (non-hydrogen) atoms. The first-order chi connectivity index (χ1) is 15.4. The van der Waals surface area contributed by atoms with Crippen LogP contribution >= 0.6 is 15.9 Å². The molecule has 0 aliphatic carbocycles. The molecule has 0 radical (unpaired) electrons. The molecular formula is C25H18BrNO5. The number of hydrogen-bond acceptors (Lipinski definition) is 6. The van der Waals surface area contributed by atoms with Crippen molar-refractivity contribution in [3.63, 3.8) is 0 Å². The Hall–Kier alpha value is -3.71. The van der Waals surface area contributed by atoms with Crippen LogP contribution in [0.3, 0.4) is 0 Å². The fraction of sp³-hybridized carbons (Fsp3) is 0.0800. The van der Waals surface area contributed by atoms with Crippen molar-refractivity contribution in [1.29, 1.82) is 0 Å². The first kappa shape index (κ1) is 21.5. The standard InChI is InChI=1S/C25H18BrNO5/c1-15-3-6-18(7-4-15)24(28)31-21-12-5-16(14-22(21)30-2)13-20-25(29)32-23(27-20)17-8-10-19(26)11-9-17/h3-14H,1-2H3/b20-13-. The van der Waals surface area contributed by atoms with Crippen molar-refractivity contribution < 1.29 is 23.8 Å². The van der Waals surface area contributed by atoms with Gasteiger partial charge in [0.1, 0.15) is 0 Å². The predicted molar refractivity (Wildman–Crippen MR) is 124 cm³/mol. The van der Waals surface area contributed by atoms with Crippen LogP contribution in [-0.2, 0) is 9.53 Å². The number of hydrogen-bond donors (Lipinski definition) is 0. The molecule has 3 aromatic carbocycles. The maximum absolute atomic E-state index is 12.4. The minimum Gasteiger partial charge on any atom is -0.493 e. The number of carbonyl (C=O) groups excluding carboxylic acids is 2. The molecular weight excluding hydrogens is 474 g/mol. The maximum atomic E-state index is 12.4. The SMILES string of the molecule is COc1cc(/C=C2\N=C(c3ccc(Br)cc3)OC2=O)ccc1OC(=O)c1ccc(C)cc1. The number of benzene rings is 3. The lowest BCUT2D eigenvalue weighted by molar-refractivity contribution is -0.129. The van der Waals surface area contributed by atoms with Crippen molar-refractivity contribution in [1.82, 2.24) is 0 Å². The molecule has 0 aromatic heterocycles. The Morgan fingerprint density at radius 1 is 1.00 bits per heavy atom. The number of halogens is 1. The zero-order valence-corrected chi connectivity index (χ0v) is 18.9. The summed E-state index contributed by atoms with van der Waals surface area (Å²) >= 11 is 3.37. The van der Waals surface area contributed by atoms with E-state index in [0.717, 1.165) is 10.0 Å². The largest absolute Gasteiger partial charge is 0.493 e. The van der Waals surface area contributed by atoms with Gasteiger partial charge >= 0.3 is 11.9 Å². The van der Waals surface area contributed by atoms with Crippen LogP contribution in [0.5, 0.6) is 11.5 Å². The second kappa shape index (κ2) is 9.20. The molecule has 0 saturated heterocycles. The van der Waals surface area contributed by atoms with Crippen LogP contribution in [0, 0.1) is 6.92 Å². The molecule has 1 heterocycles. The van der Waals surface area contributed by atoms with E-state index in [1.54, 1.807) is 48.5 Å². The molecule has 0 saturated carbocycles. The molecule has 6 nitrogen and oxygen atoms in total. The van der Waals surface area contributed by atoms with E-state index in [4.69, 9.17) is 14.2 Å². The normalized spacial score (nSPS) is 14.2. The lowest BCUT2D eigenvalue weighted by atomic mass is 10.1. The number of rotatable bonds is 5. The summed E-state index contributed by atoms with van der Waals surface area (Å²) in [6.45, 7) is 1.94. The molecule has 0 bridgehead atoms. The summed E-state index contributed by atoms with van der Waals surface area (Å²) in [5.74, 6) is -0.171. The molecule has 7 heteroatoms. The van der Waals surface area contributed by atoms with E-state index < -0.39 is 11.9 Å². The van der Waals surface area contributed by atoms with Gasteiger partial charge in [-0.05, 0) is 67.1 Å². The number of esters is 2. The van der Waals surface area contributed by atoms with Crippen LogP contribution in [0.15, 0.2) is 81.9 Å². The molecule has 0 spiro atoms. The number of ether oxygens (including phenoxy) is 3. The summed E-state index contributed by atoms with van der Waals surface area (Å²) in [6.07, 6.45) is 1.59. The van der Waals surface area contributed by atoms with Crippen LogP contribution in [0.4, 0.5) is 0 Å². The minimum atomic E-state index is -0.545. The minimum absolute atomic E-state index is 0.161. The van der Waals surface area contributed by atoms with Gasteiger partial charge in [0.25, 0.3) is 0 Å². The van der Waals surface area contributed by atoms with Crippen molar-refractivity contribution in [3.05, 3.63) is 99.2 Å². The van der Waals surface area contributed by atoms with Gasteiger partial charge in [0.2, 0.25) is 5.90 Å². The van der Waals surface area contributed by atoms with Gasteiger partial charge in [0, 0.05) is 10.0 Å². The second-order valence-corrected chi connectivity index (χ2v) is 7.92. The fourth-order valence-electron chi connectivity index (χ4n) is 2.99. The Morgan fingerprint density at radius 2 is 1.72 bits per heavy atom. The zero-order chi connectivity index (χ0) is 22.7. The van der Waals surface area contributed by atoms with Crippen molar-refractivity contribution in [2.75, 3.05) is 7.11 Å². The Bertz CT molecular complexity index is 1240. The summed E-state index contributed by atoms with van der Waals surface area (Å²) in [7, 11) is 1.48. The first-order valence-electron chi connectivity index (χ1n) is 9.68. The Morgan fingerprint density at radius 3 is 2.41 bits per heavy atom. The lowest BCUT2D eigenvalue weighted by Gasteiger charge is -2.10. The van der Waals surface area contributed by atoms with Crippen LogP contribution in [0.25, 0.3) is 6.08 Å². The van der Waals surface area contributed by atoms with Gasteiger partial charge < -0.3 is 14.2 Å². The number of methoxy groups -OCH3 is 1. The topological polar surface area (TPSA) is 74.2 Å². The van der Waals surface area contributed by atoms with Crippen LogP contribution in [0.2, 0.25) is 0 Å². The Labute approximate surface area is 193 Å². The molecule has 1 aliphatic heterocycles. The number of nitrogens with zero attached hydrogens (tertiary/aromatic N) is 1. The van der Waals surface area contributed by atoms with Crippen LogP contribution in [0.1, 0.15) is 27.0 Å². The number of aliphatic imine (C=N–C) groups is 1. The van der Waals surface area contributed by atoms with Gasteiger partial charge in [0.15, 0.2) is 17.2 Å². The maximum Gasteiger partial charge on any atom is 0.363 e. The van der Waals surface area contributed by atoms with Gasteiger partial charge in [-0.1, -0.05) is 39.7 Å². The predicted octanol–water partition coefficient (Wildman–Crippen LogP) is 5.33. The van der Waals surface area contributed by atoms with Gasteiger partial charge in [-0.25, -0.2) is 14.6 Å². The number of aryl methyl sites for hydroxylation is 1. The van der Waals surface area contributed by atoms with Crippen molar-refractivity contribution in [3.8, 4) is 11.5 Å². The quantitative estimate of drug-likeness (QED) is 0.274. The summed E-state index contributed by atoms with van der Waals surface area (Å²) in [4.78, 5) is 29.0. The monoisotopic (exact) mass is 491 g/mol. The molecule has 4 rings (SSSR count). The Balaban J connectivity index is 1.56. The molecule has 0 amide bonds. The highest BCUT2D eigenvalue weighted by atomic mass is 79.9. The fourth-order valence-corrected chi connectivity index (χ4v) is 3.25.